The number of aromatic hydroxyl groups is 1. The fourth-order valence-electron chi connectivity index (χ4n) is 4.08. The molecule has 1 fully saturated rings. The molecule has 0 amide bonds. The summed E-state index contributed by atoms with van der Waals surface area (Å²) >= 11 is 0. The molecule has 0 spiro atoms. The highest BCUT2D eigenvalue weighted by molar-refractivity contribution is 5.44. The number of nitrogens with zero attached hydrogens (tertiary/aromatic N) is 2. The lowest BCUT2D eigenvalue weighted by molar-refractivity contribution is 0.0342. The molecule has 3 N–H and O–H groups in total. The zero-order valence-electron chi connectivity index (χ0n) is 20.2. The number of benzene rings is 2. The van der Waals surface area contributed by atoms with E-state index in [2.05, 4.69) is 44.2 Å². The molecule has 188 valence electrons. The first-order valence-electron chi connectivity index (χ1n) is 12.2. The van der Waals surface area contributed by atoms with Crippen LogP contribution in [0.5, 0.6) is 5.75 Å². The van der Waals surface area contributed by atoms with Crippen LogP contribution in [-0.2, 0) is 17.7 Å². The highest BCUT2D eigenvalue weighted by Gasteiger charge is 2.16. The molecule has 8 heteroatoms. The Labute approximate surface area is 210 Å². The van der Waals surface area contributed by atoms with E-state index in [-0.39, 0.29) is 11.7 Å². The van der Waals surface area contributed by atoms with Crippen LogP contribution in [-0.4, -0.2) is 59.5 Å². The Morgan fingerprint density at radius 3 is 2.42 bits per heavy atom. The number of alkyl halides is 1. The van der Waals surface area contributed by atoms with Gasteiger partial charge in [0.1, 0.15) is 0 Å². The van der Waals surface area contributed by atoms with Crippen LogP contribution in [0.3, 0.4) is 0 Å². The molecule has 7 nitrogen and oxygen atoms in total. The SMILES string of the molecule is O=c1[nH]cnc(CC(NCCCF)c2ccc(C#Cc3ccc(CN4CCOCC4)cc3)cc2)c1O. The minimum absolute atomic E-state index is 0.238. The molecule has 0 bridgehead atoms. The minimum atomic E-state index is -0.581. The number of aromatic nitrogens is 2. The summed E-state index contributed by atoms with van der Waals surface area (Å²) in [6.07, 6.45) is 1.94. The van der Waals surface area contributed by atoms with Gasteiger partial charge in [-0.2, -0.15) is 0 Å². The van der Waals surface area contributed by atoms with Crippen LogP contribution in [0, 0.1) is 11.8 Å². The molecular formula is C28H31FN4O3. The number of morpholine rings is 1. The predicted molar refractivity (Wildman–Crippen MR) is 137 cm³/mol. The molecule has 1 unspecified atom stereocenters. The molecule has 1 aliphatic heterocycles. The van der Waals surface area contributed by atoms with Crippen LogP contribution in [0.4, 0.5) is 4.39 Å². The Balaban J connectivity index is 1.42. The molecule has 0 aliphatic carbocycles. The van der Waals surface area contributed by atoms with Crippen molar-refractivity contribution in [3.05, 3.63) is 93.2 Å². The normalized spacial score (nSPS) is 14.7. The van der Waals surface area contributed by atoms with Crippen molar-refractivity contribution in [2.45, 2.75) is 25.4 Å². The van der Waals surface area contributed by atoms with Crippen molar-refractivity contribution in [3.8, 4) is 17.6 Å². The Morgan fingerprint density at radius 1 is 1.08 bits per heavy atom. The van der Waals surface area contributed by atoms with Crippen molar-refractivity contribution in [3.63, 3.8) is 0 Å². The summed E-state index contributed by atoms with van der Waals surface area (Å²) in [7, 11) is 0. The topological polar surface area (TPSA) is 90.5 Å². The van der Waals surface area contributed by atoms with Gasteiger partial charge in [0.2, 0.25) is 5.75 Å². The molecule has 2 heterocycles. The molecule has 0 radical (unpaired) electrons. The van der Waals surface area contributed by atoms with Crippen LogP contribution >= 0.6 is 0 Å². The van der Waals surface area contributed by atoms with E-state index in [4.69, 9.17) is 4.74 Å². The van der Waals surface area contributed by atoms with E-state index in [1.807, 2.05) is 36.4 Å². The van der Waals surface area contributed by atoms with Gasteiger partial charge in [0.25, 0.3) is 5.56 Å². The van der Waals surface area contributed by atoms with Gasteiger partial charge in [0.15, 0.2) is 0 Å². The number of halogens is 1. The number of ether oxygens (including phenoxy) is 1. The zero-order chi connectivity index (χ0) is 25.2. The van der Waals surface area contributed by atoms with E-state index in [0.717, 1.165) is 49.5 Å². The second-order valence-electron chi connectivity index (χ2n) is 8.74. The Bertz CT molecular complexity index is 1230. The minimum Gasteiger partial charge on any atom is -0.502 e. The van der Waals surface area contributed by atoms with Crippen molar-refractivity contribution in [1.29, 1.82) is 0 Å². The van der Waals surface area contributed by atoms with E-state index < -0.39 is 18.0 Å². The summed E-state index contributed by atoms with van der Waals surface area (Å²) in [5.74, 6) is 6.02. The van der Waals surface area contributed by atoms with Gasteiger partial charge in [-0.15, -0.1) is 0 Å². The van der Waals surface area contributed by atoms with Gasteiger partial charge in [-0.05, 0) is 48.4 Å². The smallest absolute Gasteiger partial charge is 0.293 e. The van der Waals surface area contributed by atoms with E-state index >= 15 is 0 Å². The maximum Gasteiger partial charge on any atom is 0.293 e. The predicted octanol–water partition coefficient (Wildman–Crippen LogP) is 2.94. The van der Waals surface area contributed by atoms with Crippen LogP contribution in [0.2, 0.25) is 0 Å². The Kier molecular flexibility index (Phi) is 9.22. The number of aromatic amines is 1. The average molecular weight is 491 g/mol. The first-order chi connectivity index (χ1) is 17.6. The van der Waals surface area contributed by atoms with Crippen molar-refractivity contribution >= 4 is 0 Å². The maximum atomic E-state index is 12.6. The highest BCUT2D eigenvalue weighted by Crippen LogP contribution is 2.21. The van der Waals surface area contributed by atoms with Gasteiger partial charge in [0.05, 0.1) is 31.9 Å². The quantitative estimate of drug-likeness (QED) is 0.316. The number of nitrogens with one attached hydrogen (secondary N) is 2. The molecule has 1 saturated heterocycles. The molecule has 36 heavy (non-hydrogen) atoms. The zero-order valence-corrected chi connectivity index (χ0v) is 20.2. The largest absolute Gasteiger partial charge is 0.502 e. The van der Waals surface area contributed by atoms with Crippen LogP contribution in [0.1, 0.15) is 40.4 Å². The van der Waals surface area contributed by atoms with Gasteiger partial charge in [-0.1, -0.05) is 36.1 Å². The summed E-state index contributed by atoms with van der Waals surface area (Å²) in [5.41, 5.74) is 3.73. The lowest BCUT2D eigenvalue weighted by Gasteiger charge is -2.26. The third kappa shape index (κ3) is 7.25. The standard InChI is InChI=1S/C28H31FN4O3/c29-12-1-13-30-25(18-26-27(34)28(35)32-20-31-26)24-10-8-22(9-11-24)3-2-21-4-6-23(7-5-21)19-33-14-16-36-17-15-33/h4-11,20,25,30,34H,1,12-19H2,(H,31,32,35). The van der Waals surface area contributed by atoms with E-state index in [1.54, 1.807) is 0 Å². The number of hydrogen-bond donors (Lipinski definition) is 3. The Hall–Kier alpha value is -3.51. The molecule has 3 aromatic rings. The molecular weight excluding hydrogens is 459 g/mol. The fourth-order valence-corrected chi connectivity index (χ4v) is 4.08. The van der Waals surface area contributed by atoms with Crippen LogP contribution < -0.4 is 10.9 Å². The van der Waals surface area contributed by atoms with Crippen LogP contribution in [0.25, 0.3) is 0 Å². The van der Waals surface area contributed by atoms with Gasteiger partial charge in [-0.25, -0.2) is 4.98 Å². The van der Waals surface area contributed by atoms with Crippen molar-refractivity contribution < 1.29 is 14.2 Å². The number of H-pyrrole nitrogens is 1. The summed E-state index contributed by atoms with van der Waals surface area (Å²) in [6.45, 7) is 4.48. The number of rotatable bonds is 9. The van der Waals surface area contributed by atoms with E-state index in [0.29, 0.717) is 19.4 Å². The van der Waals surface area contributed by atoms with E-state index in [9.17, 15) is 14.3 Å². The lowest BCUT2D eigenvalue weighted by atomic mass is 9.99. The molecule has 1 aliphatic rings. The number of hydrogen-bond acceptors (Lipinski definition) is 6. The molecule has 1 atom stereocenters. The van der Waals surface area contributed by atoms with Crippen molar-refractivity contribution in [2.75, 3.05) is 39.5 Å². The second kappa shape index (κ2) is 13.0. The van der Waals surface area contributed by atoms with Gasteiger partial charge in [-0.3, -0.25) is 14.1 Å². The van der Waals surface area contributed by atoms with Gasteiger partial charge >= 0.3 is 0 Å². The summed E-state index contributed by atoms with van der Waals surface area (Å²) in [4.78, 5) is 20.6. The first kappa shape index (κ1) is 25.6. The summed E-state index contributed by atoms with van der Waals surface area (Å²) in [6, 6.07) is 15.9. The van der Waals surface area contributed by atoms with Crippen LogP contribution in [0.15, 0.2) is 59.7 Å². The third-order valence-electron chi connectivity index (χ3n) is 6.13. The average Bonchev–Trinajstić information content (AvgIpc) is 2.91. The monoisotopic (exact) mass is 490 g/mol. The Morgan fingerprint density at radius 2 is 1.75 bits per heavy atom. The summed E-state index contributed by atoms with van der Waals surface area (Å²) in [5, 5.41) is 13.4. The first-order valence-corrected chi connectivity index (χ1v) is 12.2. The highest BCUT2D eigenvalue weighted by atomic mass is 19.1. The van der Waals surface area contributed by atoms with Crippen molar-refractivity contribution in [1.82, 2.24) is 20.2 Å². The molecule has 4 rings (SSSR count). The molecule has 0 saturated carbocycles. The van der Waals surface area contributed by atoms with E-state index in [1.165, 1.54) is 11.9 Å². The summed E-state index contributed by atoms with van der Waals surface area (Å²) < 4.78 is 18.0. The fraction of sp³-hybridized carbons (Fsp3) is 0.357. The lowest BCUT2D eigenvalue weighted by Crippen LogP contribution is -2.35. The second-order valence-corrected chi connectivity index (χ2v) is 8.74. The van der Waals surface area contributed by atoms with Gasteiger partial charge < -0.3 is 20.1 Å². The molecule has 2 aromatic carbocycles. The van der Waals surface area contributed by atoms with Crippen molar-refractivity contribution in [2.24, 2.45) is 0 Å². The molecule has 1 aromatic heterocycles. The maximum absolute atomic E-state index is 12.6. The van der Waals surface area contributed by atoms with Gasteiger partial charge in [0, 0.05) is 43.2 Å². The third-order valence-corrected chi connectivity index (χ3v) is 6.13.